The maximum atomic E-state index is 12.0. The van der Waals surface area contributed by atoms with Crippen molar-refractivity contribution in [3.05, 3.63) is 35.9 Å². The molecule has 4 nitrogen and oxygen atoms in total. The van der Waals surface area contributed by atoms with E-state index in [9.17, 15) is 9.59 Å². The van der Waals surface area contributed by atoms with Crippen LogP contribution in [0.4, 0.5) is 4.79 Å². The molecule has 116 valence electrons. The smallest absolute Gasteiger partial charge is 0.407 e. The van der Waals surface area contributed by atoms with Gasteiger partial charge in [0.15, 0.2) is 5.78 Å². The number of amides is 1. The molecule has 1 rings (SSSR count). The molecule has 0 aliphatic rings. The summed E-state index contributed by atoms with van der Waals surface area (Å²) in [5, 5.41) is 3.35. The lowest BCUT2D eigenvalue weighted by Crippen LogP contribution is -2.40. The van der Waals surface area contributed by atoms with Crippen molar-refractivity contribution in [3.63, 3.8) is 0 Å². The van der Waals surface area contributed by atoms with Gasteiger partial charge in [-0.05, 0) is 27.2 Å². The molecule has 1 unspecified atom stereocenters. The average Bonchev–Trinajstić information content (AvgIpc) is 2.42. The highest BCUT2D eigenvalue weighted by molar-refractivity contribution is 9.09. The van der Waals surface area contributed by atoms with Crippen molar-refractivity contribution in [2.45, 2.75) is 45.3 Å². The third-order valence-corrected chi connectivity index (χ3v) is 3.50. The zero-order valence-electron chi connectivity index (χ0n) is 12.7. The molecular weight excluding hydrogens is 334 g/mol. The van der Waals surface area contributed by atoms with E-state index in [0.717, 1.165) is 0 Å². The first-order valence-electron chi connectivity index (χ1n) is 6.95. The number of hydrogen-bond donors (Lipinski definition) is 1. The standard InChI is InChI=1S/C16H22BrNO3/c1-16(2,3)21-15(20)18-13(11-17)9-10-14(19)12-7-5-4-6-8-12/h4-8,13H,9-11H2,1-3H3,(H,18,20). The minimum atomic E-state index is -0.527. The first-order valence-corrected chi connectivity index (χ1v) is 8.07. The molecule has 1 aromatic carbocycles. The molecule has 0 aliphatic heterocycles. The summed E-state index contributed by atoms with van der Waals surface area (Å²) in [6, 6.07) is 9.02. The Bertz CT molecular complexity index is 468. The van der Waals surface area contributed by atoms with E-state index in [1.165, 1.54) is 0 Å². The normalized spacial score (nSPS) is 12.6. The molecule has 0 aromatic heterocycles. The minimum Gasteiger partial charge on any atom is -0.444 e. The fourth-order valence-electron chi connectivity index (χ4n) is 1.74. The van der Waals surface area contributed by atoms with Crippen molar-refractivity contribution in [2.75, 3.05) is 5.33 Å². The van der Waals surface area contributed by atoms with Gasteiger partial charge in [-0.3, -0.25) is 4.79 Å². The van der Waals surface area contributed by atoms with Crippen LogP contribution in [0.2, 0.25) is 0 Å². The molecule has 1 aromatic rings. The van der Waals surface area contributed by atoms with Gasteiger partial charge in [0.1, 0.15) is 5.60 Å². The highest BCUT2D eigenvalue weighted by Crippen LogP contribution is 2.10. The van der Waals surface area contributed by atoms with Crippen LogP contribution in [0.1, 0.15) is 44.0 Å². The zero-order chi connectivity index (χ0) is 15.9. The maximum absolute atomic E-state index is 12.0. The predicted octanol–water partition coefficient (Wildman–Crippen LogP) is 3.94. The molecule has 0 aliphatic carbocycles. The van der Waals surface area contributed by atoms with Gasteiger partial charge < -0.3 is 10.1 Å². The van der Waals surface area contributed by atoms with Crippen LogP contribution >= 0.6 is 15.9 Å². The van der Waals surface area contributed by atoms with E-state index in [2.05, 4.69) is 21.2 Å². The van der Waals surface area contributed by atoms with Gasteiger partial charge in [-0.1, -0.05) is 46.3 Å². The number of alkyl carbamates (subject to hydrolysis) is 1. The van der Waals surface area contributed by atoms with Gasteiger partial charge in [0.25, 0.3) is 0 Å². The Morgan fingerprint density at radius 2 is 1.86 bits per heavy atom. The van der Waals surface area contributed by atoms with Crippen molar-refractivity contribution in [1.29, 1.82) is 0 Å². The molecule has 21 heavy (non-hydrogen) atoms. The lowest BCUT2D eigenvalue weighted by molar-refractivity contribution is 0.0505. The number of ketones is 1. The van der Waals surface area contributed by atoms with E-state index in [4.69, 9.17) is 4.74 Å². The summed E-state index contributed by atoms with van der Waals surface area (Å²) in [5.41, 5.74) is 0.170. The summed E-state index contributed by atoms with van der Waals surface area (Å²) in [4.78, 5) is 23.7. The van der Waals surface area contributed by atoms with E-state index in [-0.39, 0.29) is 11.8 Å². The van der Waals surface area contributed by atoms with Crippen LogP contribution < -0.4 is 5.32 Å². The highest BCUT2D eigenvalue weighted by atomic mass is 79.9. The van der Waals surface area contributed by atoms with E-state index < -0.39 is 11.7 Å². The van der Waals surface area contributed by atoms with Crippen molar-refractivity contribution in [1.82, 2.24) is 5.32 Å². The monoisotopic (exact) mass is 355 g/mol. The molecule has 0 fully saturated rings. The number of carbonyl (C=O) groups excluding carboxylic acids is 2. The van der Waals surface area contributed by atoms with Crippen molar-refractivity contribution >= 4 is 27.8 Å². The molecule has 1 amide bonds. The van der Waals surface area contributed by atoms with Crippen molar-refractivity contribution < 1.29 is 14.3 Å². The van der Waals surface area contributed by atoms with Gasteiger partial charge in [0, 0.05) is 23.4 Å². The van der Waals surface area contributed by atoms with Crippen LogP contribution in [-0.4, -0.2) is 28.8 Å². The third kappa shape index (κ3) is 7.27. The Morgan fingerprint density at radius 1 is 1.24 bits per heavy atom. The fraction of sp³-hybridized carbons (Fsp3) is 0.500. The number of rotatable bonds is 6. The molecule has 0 bridgehead atoms. The Balaban J connectivity index is 2.44. The molecule has 0 heterocycles. The quantitative estimate of drug-likeness (QED) is 0.621. The summed E-state index contributed by atoms with van der Waals surface area (Å²) < 4.78 is 5.21. The topological polar surface area (TPSA) is 55.4 Å². The van der Waals surface area contributed by atoms with E-state index in [0.29, 0.717) is 23.7 Å². The predicted molar refractivity (Wildman–Crippen MR) is 87.0 cm³/mol. The van der Waals surface area contributed by atoms with E-state index in [1.807, 2.05) is 39.0 Å². The van der Waals surface area contributed by atoms with Crippen LogP contribution in [0.15, 0.2) is 30.3 Å². The summed E-state index contributed by atoms with van der Waals surface area (Å²) >= 11 is 3.35. The van der Waals surface area contributed by atoms with E-state index >= 15 is 0 Å². The number of Topliss-reactive ketones (excluding diaryl/α,β-unsaturated/α-hetero) is 1. The highest BCUT2D eigenvalue weighted by Gasteiger charge is 2.19. The lowest BCUT2D eigenvalue weighted by Gasteiger charge is -2.22. The Morgan fingerprint density at radius 3 is 2.38 bits per heavy atom. The Hall–Kier alpha value is -1.36. The number of alkyl halides is 1. The molecule has 1 atom stereocenters. The van der Waals surface area contributed by atoms with Crippen molar-refractivity contribution in [2.24, 2.45) is 0 Å². The number of carbonyl (C=O) groups is 2. The fourth-order valence-corrected chi connectivity index (χ4v) is 2.22. The largest absolute Gasteiger partial charge is 0.444 e. The van der Waals surface area contributed by atoms with Crippen LogP contribution in [0.5, 0.6) is 0 Å². The molecule has 0 spiro atoms. The van der Waals surface area contributed by atoms with Gasteiger partial charge in [0.2, 0.25) is 0 Å². The van der Waals surface area contributed by atoms with Crippen LogP contribution in [0, 0.1) is 0 Å². The number of halogens is 1. The summed E-state index contributed by atoms with van der Waals surface area (Å²) in [6.07, 6.45) is 0.494. The first kappa shape index (κ1) is 17.7. The van der Waals surface area contributed by atoms with Crippen LogP contribution in [0.25, 0.3) is 0 Å². The number of nitrogens with one attached hydrogen (secondary N) is 1. The summed E-state index contributed by atoms with van der Waals surface area (Å²) in [7, 11) is 0. The second kappa shape index (κ2) is 8.17. The van der Waals surface area contributed by atoms with Gasteiger partial charge in [-0.2, -0.15) is 0 Å². The molecule has 1 N–H and O–H groups in total. The second-order valence-electron chi connectivity index (χ2n) is 5.83. The van der Waals surface area contributed by atoms with Gasteiger partial charge in [-0.15, -0.1) is 0 Å². The molecule has 5 heteroatoms. The Kier molecular flexibility index (Phi) is 6.89. The summed E-state index contributed by atoms with van der Waals surface area (Å²) in [6.45, 7) is 5.44. The molecule has 0 saturated carbocycles. The maximum Gasteiger partial charge on any atom is 0.407 e. The number of ether oxygens (including phenoxy) is 1. The molecular formula is C16H22BrNO3. The second-order valence-corrected chi connectivity index (χ2v) is 6.47. The lowest BCUT2D eigenvalue weighted by atomic mass is 10.0. The Labute approximate surface area is 134 Å². The number of hydrogen-bond acceptors (Lipinski definition) is 3. The minimum absolute atomic E-state index is 0.0764. The van der Waals surface area contributed by atoms with Gasteiger partial charge >= 0.3 is 6.09 Å². The van der Waals surface area contributed by atoms with E-state index in [1.54, 1.807) is 12.1 Å². The van der Waals surface area contributed by atoms with Crippen LogP contribution in [-0.2, 0) is 4.74 Å². The SMILES string of the molecule is CC(C)(C)OC(=O)NC(CBr)CCC(=O)c1ccccc1. The third-order valence-electron chi connectivity index (χ3n) is 2.72. The molecule has 0 radical (unpaired) electrons. The first-order chi connectivity index (χ1) is 9.81. The average molecular weight is 356 g/mol. The van der Waals surface area contributed by atoms with Gasteiger partial charge in [0.05, 0.1) is 0 Å². The molecule has 0 saturated heterocycles. The van der Waals surface area contributed by atoms with Crippen molar-refractivity contribution in [3.8, 4) is 0 Å². The van der Waals surface area contributed by atoms with Gasteiger partial charge in [-0.25, -0.2) is 4.79 Å². The summed E-state index contributed by atoms with van der Waals surface area (Å²) in [5.74, 6) is 0.0764. The zero-order valence-corrected chi connectivity index (χ0v) is 14.3. The van der Waals surface area contributed by atoms with Crippen LogP contribution in [0.3, 0.4) is 0 Å². The number of benzene rings is 1.